The van der Waals surface area contributed by atoms with Crippen LogP contribution >= 0.6 is 15.9 Å². The van der Waals surface area contributed by atoms with Gasteiger partial charge in [-0.05, 0) is 31.2 Å². The molecule has 0 aliphatic rings. The van der Waals surface area contributed by atoms with Crippen LogP contribution in [0.4, 0.5) is 4.79 Å². The molecule has 0 unspecified atom stereocenters. The molecule has 13 heavy (non-hydrogen) atoms. The fraction of sp³-hybridized carbons (Fsp3) is 0.222. The van der Waals surface area contributed by atoms with Crippen LogP contribution < -0.4 is 4.74 Å². The summed E-state index contributed by atoms with van der Waals surface area (Å²) < 4.78 is 10.4. The monoisotopic (exact) mass is 244 g/mol. The lowest BCUT2D eigenvalue weighted by Crippen LogP contribution is -2.09. The Kier molecular flexibility index (Phi) is 3.76. The fourth-order valence-electron chi connectivity index (χ4n) is 0.746. The summed E-state index contributed by atoms with van der Waals surface area (Å²) in [6.07, 6.45) is -0.676. The SMILES string of the molecule is CCOC(=O)Oc1ccc(Br)cc1. The number of carbonyl (C=O) groups excluding carboxylic acids is 1. The van der Waals surface area contributed by atoms with E-state index in [4.69, 9.17) is 4.74 Å². The molecule has 0 saturated carbocycles. The van der Waals surface area contributed by atoms with E-state index >= 15 is 0 Å². The maximum Gasteiger partial charge on any atom is 0.513 e. The van der Waals surface area contributed by atoms with Gasteiger partial charge in [0.1, 0.15) is 5.75 Å². The Hall–Kier alpha value is -1.03. The van der Waals surface area contributed by atoms with E-state index in [1.165, 1.54) is 0 Å². The molecule has 3 nitrogen and oxygen atoms in total. The molecule has 1 aromatic carbocycles. The molecule has 0 aliphatic carbocycles. The maximum atomic E-state index is 10.8. The van der Waals surface area contributed by atoms with E-state index in [9.17, 15) is 4.79 Å². The lowest BCUT2D eigenvalue weighted by molar-refractivity contribution is 0.104. The van der Waals surface area contributed by atoms with Crippen LogP contribution in [-0.4, -0.2) is 12.8 Å². The summed E-state index contributed by atoms with van der Waals surface area (Å²) >= 11 is 3.27. The number of hydrogen-bond donors (Lipinski definition) is 0. The second kappa shape index (κ2) is 4.87. The Labute approximate surface area is 84.8 Å². The average molecular weight is 245 g/mol. The molecule has 0 spiro atoms. The number of benzene rings is 1. The highest BCUT2D eigenvalue weighted by Gasteiger charge is 2.03. The van der Waals surface area contributed by atoms with Crippen molar-refractivity contribution in [3.63, 3.8) is 0 Å². The summed E-state index contributed by atoms with van der Waals surface area (Å²) in [6, 6.07) is 6.94. The fourth-order valence-corrected chi connectivity index (χ4v) is 1.01. The Morgan fingerprint density at radius 3 is 2.54 bits per heavy atom. The molecule has 4 heteroatoms. The van der Waals surface area contributed by atoms with E-state index in [1.807, 2.05) is 0 Å². The molecule has 0 heterocycles. The number of halogens is 1. The van der Waals surface area contributed by atoms with Gasteiger partial charge in [-0.1, -0.05) is 15.9 Å². The molecule has 0 bridgehead atoms. The number of hydrogen-bond acceptors (Lipinski definition) is 3. The van der Waals surface area contributed by atoms with Gasteiger partial charge in [0, 0.05) is 4.47 Å². The van der Waals surface area contributed by atoms with E-state index in [1.54, 1.807) is 31.2 Å². The Morgan fingerprint density at radius 1 is 1.38 bits per heavy atom. The molecule has 0 N–H and O–H groups in total. The first-order valence-corrected chi connectivity index (χ1v) is 4.62. The van der Waals surface area contributed by atoms with Gasteiger partial charge in [0.25, 0.3) is 0 Å². The maximum absolute atomic E-state index is 10.8. The van der Waals surface area contributed by atoms with Crippen LogP contribution in [0.2, 0.25) is 0 Å². The van der Waals surface area contributed by atoms with E-state index in [2.05, 4.69) is 20.7 Å². The third-order valence-electron chi connectivity index (χ3n) is 1.28. The van der Waals surface area contributed by atoms with E-state index in [0.29, 0.717) is 12.4 Å². The summed E-state index contributed by atoms with van der Waals surface area (Å²) in [4.78, 5) is 10.8. The standard InChI is InChI=1S/C9H9BrO3/c1-2-12-9(11)13-8-5-3-7(10)4-6-8/h3-6H,2H2,1H3. The molecular weight excluding hydrogens is 236 g/mol. The molecule has 0 atom stereocenters. The molecule has 0 aliphatic heterocycles. The highest BCUT2D eigenvalue weighted by atomic mass is 79.9. The molecule has 0 saturated heterocycles. The summed E-state index contributed by atoms with van der Waals surface area (Å²) in [6.45, 7) is 2.04. The molecule has 70 valence electrons. The van der Waals surface area contributed by atoms with Crippen LogP contribution in [-0.2, 0) is 4.74 Å². The number of carbonyl (C=O) groups is 1. The van der Waals surface area contributed by atoms with E-state index in [-0.39, 0.29) is 0 Å². The van der Waals surface area contributed by atoms with Crippen LogP contribution in [0.25, 0.3) is 0 Å². The number of rotatable bonds is 2. The van der Waals surface area contributed by atoms with Crippen molar-refractivity contribution in [3.05, 3.63) is 28.7 Å². The Bertz CT molecular complexity index is 281. The van der Waals surface area contributed by atoms with Crippen LogP contribution in [0.1, 0.15) is 6.92 Å². The lowest BCUT2D eigenvalue weighted by atomic mass is 10.3. The molecule has 0 radical (unpaired) electrons. The zero-order valence-corrected chi connectivity index (χ0v) is 8.71. The minimum atomic E-state index is -0.676. The van der Waals surface area contributed by atoms with Gasteiger partial charge in [-0.25, -0.2) is 4.79 Å². The summed E-state index contributed by atoms with van der Waals surface area (Å²) in [5.41, 5.74) is 0. The van der Waals surface area contributed by atoms with Crippen LogP contribution in [0.3, 0.4) is 0 Å². The predicted molar refractivity (Wildman–Crippen MR) is 51.8 cm³/mol. The van der Waals surface area contributed by atoms with E-state index < -0.39 is 6.16 Å². The Balaban J connectivity index is 2.54. The highest BCUT2D eigenvalue weighted by molar-refractivity contribution is 9.10. The smallest absolute Gasteiger partial charge is 0.434 e. The van der Waals surface area contributed by atoms with Crippen molar-refractivity contribution in [2.24, 2.45) is 0 Å². The van der Waals surface area contributed by atoms with Crippen LogP contribution in [0.5, 0.6) is 5.75 Å². The molecular formula is C9H9BrO3. The topological polar surface area (TPSA) is 35.5 Å². The van der Waals surface area contributed by atoms with Crippen molar-refractivity contribution in [3.8, 4) is 5.75 Å². The lowest BCUT2D eigenvalue weighted by Gasteiger charge is -2.02. The van der Waals surface area contributed by atoms with Crippen LogP contribution in [0.15, 0.2) is 28.7 Å². The molecule has 0 amide bonds. The molecule has 1 aromatic rings. The van der Waals surface area contributed by atoms with Crippen molar-refractivity contribution in [1.29, 1.82) is 0 Å². The minimum absolute atomic E-state index is 0.315. The van der Waals surface area contributed by atoms with Gasteiger partial charge in [0.15, 0.2) is 0 Å². The summed E-state index contributed by atoms with van der Waals surface area (Å²) in [5, 5.41) is 0. The first-order valence-electron chi connectivity index (χ1n) is 3.82. The molecule has 1 rings (SSSR count). The van der Waals surface area contributed by atoms with Crippen molar-refractivity contribution in [2.45, 2.75) is 6.92 Å². The second-order valence-corrected chi connectivity index (χ2v) is 3.15. The number of ether oxygens (including phenoxy) is 2. The summed E-state index contributed by atoms with van der Waals surface area (Å²) in [7, 11) is 0. The predicted octanol–water partition coefficient (Wildman–Crippen LogP) is 2.98. The molecule has 0 aromatic heterocycles. The van der Waals surface area contributed by atoms with Gasteiger partial charge in [-0.3, -0.25) is 0 Å². The largest absolute Gasteiger partial charge is 0.513 e. The van der Waals surface area contributed by atoms with Gasteiger partial charge in [0.05, 0.1) is 6.61 Å². The minimum Gasteiger partial charge on any atom is -0.434 e. The van der Waals surface area contributed by atoms with Gasteiger partial charge in [-0.2, -0.15) is 0 Å². The third-order valence-corrected chi connectivity index (χ3v) is 1.81. The quantitative estimate of drug-likeness (QED) is 0.593. The van der Waals surface area contributed by atoms with Crippen LogP contribution in [0, 0.1) is 0 Å². The highest BCUT2D eigenvalue weighted by Crippen LogP contribution is 2.16. The van der Waals surface area contributed by atoms with Gasteiger partial charge >= 0.3 is 6.16 Å². The zero-order chi connectivity index (χ0) is 9.68. The van der Waals surface area contributed by atoms with Gasteiger partial charge in [-0.15, -0.1) is 0 Å². The normalized spacial score (nSPS) is 9.38. The van der Waals surface area contributed by atoms with E-state index in [0.717, 1.165) is 4.47 Å². The first kappa shape index (κ1) is 10.1. The Morgan fingerprint density at radius 2 is 2.00 bits per heavy atom. The third kappa shape index (κ3) is 3.46. The zero-order valence-electron chi connectivity index (χ0n) is 7.12. The molecule has 0 fully saturated rings. The van der Waals surface area contributed by atoms with Crippen molar-refractivity contribution in [1.82, 2.24) is 0 Å². The average Bonchev–Trinajstić information content (AvgIpc) is 2.09. The summed E-state index contributed by atoms with van der Waals surface area (Å²) in [5.74, 6) is 0.474. The van der Waals surface area contributed by atoms with Crippen molar-refractivity contribution >= 4 is 22.1 Å². The second-order valence-electron chi connectivity index (χ2n) is 2.24. The van der Waals surface area contributed by atoms with Crippen molar-refractivity contribution in [2.75, 3.05) is 6.61 Å². The van der Waals surface area contributed by atoms with Crippen molar-refractivity contribution < 1.29 is 14.3 Å². The van der Waals surface area contributed by atoms with Gasteiger partial charge in [0.2, 0.25) is 0 Å². The van der Waals surface area contributed by atoms with Gasteiger partial charge < -0.3 is 9.47 Å². The first-order chi connectivity index (χ1) is 6.22.